The molecule has 3 heterocycles. The first-order valence-corrected chi connectivity index (χ1v) is 11.5. The lowest BCUT2D eigenvalue weighted by atomic mass is 10.1. The number of ether oxygens (including phenoxy) is 2. The van der Waals surface area contributed by atoms with Crippen LogP contribution in [0.3, 0.4) is 0 Å². The highest BCUT2D eigenvalue weighted by molar-refractivity contribution is 7.92. The molecule has 0 unspecified atom stereocenters. The number of halogens is 1. The molecule has 1 fully saturated rings. The second kappa shape index (κ2) is 7.93. The van der Waals surface area contributed by atoms with Crippen LogP contribution in [0.5, 0.6) is 5.75 Å². The summed E-state index contributed by atoms with van der Waals surface area (Å²) in [5, 5.41) is 1.51. The van der Waals surface area contributed by atoms with E-state index < -0.39 is 16.0 Å². The summed E-state index contributed by atoms with van der Waals surface area (Å²) in [5.41, 5.74) is 2.72. The Morgan fingerprint density at radius 3 is 2.67 bits per heavy atom. The van der Waals surface area contributed by atoms with Crippen LogP contribution in [0.4, 0.5) is 10.1 Å². The number of aryl methyl sites for hydroxylation is 1. The van der Waals surface area contributed by atoms with Gasteiger partial charge in [-0.05, 0) is 55.0 Å². The number of hydrogen-bond acceptors (Lipinski definition) is 6. The maximum atomic E-state index is 13.3. The van der Waals surface area contributed by atoms with Crippen molar-refractivity contribution in [2.75, 3.05) is 24.7 Å². The van der Waals surface area contributed by atoms with Gasteiger partial charge in [0.2, 0.25) is 5.84 Å². The molecule has 0 bridgehead atoms. The van der Waals surface area contributed by atoms with Gasteiger partial charge in [-0.1, -0.05) is 6.07 Å². The molecule has 33 heavy (non-hydrogen) atoms. The molecule has 2 aromatic carbocycles. The normalized spacial score (nSPS) is 18.2. The summed E-state index contributed by atoms with van der Waals surface area (Å²) in [5.74, 6) is 0.632. The molecule has 0 amide bonds. The molecule has 11 heteroatoms. The zero-order chi connectivity index (χ0) is 23.2. The summed E-state index contributed by atoms with van der Waals surface area (Å²) >= 11 is 0. The summed E-state index contributed by atoms with van der Waals surface area (Å²) < 4.78 is 57.1. The minimum atomic E-state index is -4.05. The van der Waals surface area contributed by atoms with E-state index in [1.165, 1.54) is 29.3 Å². The molecule has 0 N–H and O–H groups in total. The van der Waals surface area contributed by atoms with E-state index in [1.807, 2.05) is 35.9 Å². The SMILES string of the molecule is COc1cc(C=C2OCCN3C2=NS(=O)(=O)N3c2ccc(F)cc2)ccc1-n1cnc(C)c1. The molecule has 2 aliphatic rings. The van der Waals surface area contributed by atoms with E-state index in [0.717, 1.165) is 21.4 Å². The Hall–Kier alpha value is -3.86. The van der Waals surface area contributed by atoms with Crippen LogP contribution in [0.1, 0.15) is 11.3 Å². The van der Waals surface area contributed by atoms with Gasteiger partial charge in [-0.15, -0.1) is 4.40 Å². The average molecular weight is 469 g/mol. The van der Waals surface area contributed by atoms with Crippen LogP contribution in [0.15, 0.2) is 65.1 Å². The zero-order valence-corrected chi connectivity index (χ0v) is 18.7. The molecular weight excluding hydrogens is 449 g/mol. The highest BCUT2D eigenvalue weighted by Gasteiger charge is 2.42. The van der Waals surface area contributed by atoms with Gasteiger partial charge in [-0.3, -0.25) is 0 Å². The molecule has 2 aliphatic heterocycles. The van der Waals surface area contributed by atoms with Crippen LogP contribution in [0.25, 0.3) is 11.8 Å². The molecule has 0 spiro atoms. The molecular formula is C22H20FN5O4S. The molecule has 5 rings (SSSR count). The number of nitrogens with zero attached hydrogens (tertiary/aromatic N) is 5. The van der Waals surface area contributed by atoms with Crippen LogP contribution in [0.2, 0.25) is 0 Å². The quantitative estimate of drug-likeness (QED) is 0.584. The lowest BCUT2D eigenvalue weighted by Gasteiger charge is -2.33. The molecule has 0 aliphatic carbocycles. The van der Waals surface area contributed by atoms with E-state index in [0.29, 0.717) is 11.5 Å². The van der Waals surface area contributed by atoms with Gasteiger partial charge >= 0.3 is 10.2 Å². The fourth-order valence-electron chi connectivity index (χ4n) is 3.73. The molecule has 0 radical (unpaired) electrons. The van der Waals surface area contributed by atoms with E-state index in [4.69, 9.17) is 9.47 Å². The predicted octanol–water partition coefficient (Wildman–Crippen LogP) is 3.08. The minimum Gasteiger partial charge on any atom is -0.495 e. The molecule has 3 aromatic rings. The highest BCUT2D eigenvalue weighted by Crippen LogP contribution is 2.32. The van der Waals surface area contributed by atoms with Crippen LogP contribution in [0, 0.1) is 12.7 Å². The molecule has 0 saturated carbocycles. The average Bonchev–Trinajstić information content (AvgIpc) is 3.34. The molecule has 170 valence electrons. The smallest absolute Gasteiger partial charge is 0.364 e. The Balaban J connectivity index is 1.50. The second-order valence-corrected chi connectivity index (χ2v) is 8.87. The van der Waals surface area contributed by atoms with Crippen molar-refractivity contribution in [3.05, 3.63) is 77.8 Å². The third-order valence-corrected chi connectivity index (χ3v) is 6.45. The molecule has 1 aromatic heterocycles. The monoisotopic (exact) mass is 469 g/mol. The van der Waals surface area contributed by atoms with Crippen molar-refractivity contribution in [1.82, 2.24) is 14.6 Å². The van der Waals surface area contributed by atoms with Gasteiger partial charge in [-0.2, -0.15) is 12.8 Å². The first kappa shape index (κ1) is 21.0. The summed E-state index contributed by atoms with van der Waals surface area (Å²) in [7, 11) is -2.47. The van der Waals surface area contributed by atoms with Gasteiger partial charge in [-0.25, -0.2) is 14.4 Å². The number of morpholine rings is 1. The van der Waals surface area contributed by atoms with Gasteiger partial charge in [0.25, 0.3) is 0 Å². The first-order valence-electron chi connectivity index (χ1n) is 10.1. The fraction of sp³-hybridized carbons (Fsp3) is 0.182. The number of hydrogen-bond donors (Lipinski definition) is 0. The standard InChI is InChI=1S/C22H20FN5O4S/c1-15-13-26(14-24-15)19-8-3-16(11-20(19)31-2)12-21-22-25-33(29,30)28(27(22)9-10-32-21)18-6-4-17(23)5-7-18/h3-8,11-14H,9-10H2,1-2H3. The summed E-state index contributed by atoms with van der Waals surface area (Å²) in [6, 6.07) is 10.8. The van der Waals surface area contributed by atoms with E-state index in [1.54, 1.807) is 19.5 Å². The van der Waals surface area contributed by atoms with Crippen LogP contribution in [-0.2, 0) is 14.9 Å². The minimum absolute atomic E-state index is 0.166. The summed E-state index contributed by atoms with van der Waals surface area (Å²) in [6.07, 6.45) is 5.30. The van der Waals surface area contributed by atoms with E-state index in [-0.39, 0.29) is 24.7 Å². The lowest BCUT2D eigenvalue weighted by Crippen LogP contribution is -2.48. The van der Waals surface area contributed by atoms with Crippen molar-refractivity contribution in [2.24, 2.45) is 4.40 Å². The topological polar surface area (TPSA) is 89.3 Å². The van der Waals surface area contributed by atoms with Crippen molar-refractivity contribution in [2.45, 2.75) is 6.92 Å². The fourth-order valence-corrected chi connectivity index (χ4v) is 5.01. The van der Waals surface area contributed by atoms with Crippen molar-refractivity contribution >= 4 is 27.8 Å². The second-order valence-electron chi connectivity index (χ2n) is 7.45. The number of amidine groups is 1. The van der Waals surface area contributed by atoms with Crippen LogP contribution < -0.4 is 9.15 Å². The molecule has 1 saturated heterocycles. The Labute approximate surface area is 190 Å². The molecule has 9 nitrogen and oxygen atoms in total. The third kappa shape index (κ3) is 3.80. The number of hydrazine groups is 1. The van der Waals surface area contributed by atoms with Gasteiger partial charge in [0, 0.05) is 6.20 Å². The number of rotatable bonds is 4. The Morgan fingerprint density at radius 1 is 1.18 bits per heavy atom. The van der Waals surface area contributed by atoms with Gasteiger partial charge in [0.1, 0.15) is 18.2 Å². The number of imidazole rings is 1. The summed E-state index contributed by atoms with van der Waals surface area (Å²) in [6.45, 7) is 2.43. The van der Waals surface area contributed by atoms with E-state index >= 15 is 0 Å². The largest absolute Gasteiger partial charge is 0.495 e. The Bertz CT molecular complexity index is 1380. The number of methoxy groups -OCH3 is 1. The number of aromatic nitrogens is 2. The van der Waals surface area contributed by atoms with Crippen molar-refractivity contribution < 1.29 is 22.3 Å². The predicted molar refractivity (Wildman–Crippen MR) is 121 cm³/mol. The van der Waals surface area contributed by atoms with Gasteiger partial charge in [0.05, 0.1) is 37.1 Å². The molecule has 0 atom stereocenters. The van der Waals surface area contributed by atoms with Crippen LogP contribution >= 0.6 is 0 Å². The Kier molecular flexibility index (Phi) is 5.05. The maximum Gasteiger partial charge on any atom is 0.364 e. The third-order valence-electron chi connectivity index (χ3n) is 5.20. The number of benzene rings is 2. The maximum absolute atomic E-state index is 13.3. The zero-order valence-electron chi connectivity index (χ0n) is 17.8. The Morgan fingerprint density at radius 2 is 1.97 bits per heavy atom. The first-order chi connectivity index (χ1) is 15.9. The van der Waals surface area contributed by atoms with Gasteiger partial charge < -0.3 is 14.0 Å². The van der Waals surface area contributed by atoms with Crippen LogP contribution in [-0.4, -0.2) is 49.1 Å². The van der Waals surface area contributed by atoms with Crippen molar-refractivity contribution in [1.29, 1.82) is 0 Å². The van der Waals surface area contributed by atoms with E-state index in [2.05, 4.69) is 9.38 Å². The number of fused-ring (bicyclic) bond motifs is 1. The van der Waals surface area contributed by atoms with Crippen molar-refractivity contribution in [3.63, 3.8) is 0 Å². The van der Waals surface area contributed by atoms with Gasteiger partial charge in [0.15, 0.2) is 5.76 Å². The number of anilines is 1. The van der Waals surface area contributed by atoms with Crippen molar-refractivity contribution in [3.8, 4) is 11.4 Å². The lowest BCUT2D eigenvalue weighted by molar-refractivity contribution is 0.176. The van der Waals surface area contributed by atoms with E-state index in [9.17, 15) is 12.8 Å². The summed E-state index contributed by atoms with van der Waals surface area (Å²) in [4.78, 5) is 4.24. The highest BCUT2D eigenvalue weighted by atomic mass is 32.2.